The van der Waals surface area contributed by atoms with E-state index in [4.69, 9.17) is 9.84 Å². The Balaban J connectivity index is 3.61. The van der Waals surface area contributed by atoms with Gasteiger partial charge in [0, 0.05) is 12.2 Å². The van der Waals surface area contributed by atoms with Gasteiger partial charge in [-0.1, -0.05) is 65.2 Å². The van der Waals surface area contributed by atoms with Crippen molar-refractivity contribution < 1.29 is 19.4 Å². The van der Waals surface area contributed by atoms with Gasteiger partial charge in [-0.05, 0) is 19.3 Å². The Morgan fingerprint density at radius 3 is 1.95 bits per heavy atom. The van der Waals surface area contributed by atoms with Crippen LogP contribution in [0.5, 0.6) is 0 Å². The summed E-state index contributed by atoms with van der Waals surface area (Å²) in [6.45, 7) is 4.21. The summed E-state index contributed by atoms with van der Waals surface area (Å²) in [4.78, 5) is 21.7. The van der Waals surface area contributed by atoms with E-state index in [1.807, 2.05) is 6.92 Å². The molecule has 128 valence electrons. The topological polar surface area (TPSA) is 63.6 Å². The number of rotatable bonds is 14. The summed E-state index contributed by atoms with van der Waals surface area (Å²) >= 11 is 0. The number of hydrogen-bond donors (Lipinski definition) is 1. The van der Waals surface area contributed by atoms with Crippen molar-refractivity contribution in [3.63, 3.8) is 0 Å². The highest BCUT2D eigenvalue weighted by Crippen LogP contribution is 2.14. The van der Waals surface area contributed by atoms with Gasteiger partial charge in [0.05, 0.1) is 0 Å². The summed E-state index contributed by atoms with van der Waals surface area (Å²) in [7, 11) is 0. The van der Waals surface area contributed by atoms with Gasteiger partial charge in [0.2, 0.25) is 0 Å². The maximum absolute atomic E-state index is 11.4. The van der Waals surface area contributed by atoms with Gasteiger partial charge in [0.25, 0.3) is 0 Å². The molecule has 0 aliphatic carbocycles. The van der Waals surface area contributed by atoms with Gasteiger partial charge >= 0.3 is 11.9 Å². The molecule has 1 N–H and O–H groups in total. The third-order valence-electron chi connectivity index (χ3n) is 3.73. The Bertz CT molecular complexity index is 323. The first kappa shape index (κ1) is 20.7. The van der Waals surface area contributed by atoms with Crippen molar-refractivity contribution in [2.24, 2.45) is 0 Å². The fourth-order valence-electron chi connectivity index (χ4n) is 2.37. The second-order valence-electron chi connectivity index (χ2n) is 5.76. The van der Waals surface area contributed by atoms with Crippen LogP contribution in [0, 0.1) is 0 Å². The number of carboxylic acids is 1. The first-order chi connectivity index (χ1) is 10.6. The van der Waals surface area contributed by atoms with Crippen molar-refractivity contribution in [1.82, 2.24) is 0 Å². The van der Waals surface area contributed by atoms with E-state index in [0.717, 1.165) is 31.4 Å². The lowest BCUT2D eigenvalue weighted by Crippen LogP contribution is -2.16. The lowest BCUT2D eigenvalue weighted by atomic mass is 10.0. The predicted octanol–water partition coefficient (Wildman–Crippen LogP) is 4.87. The Morgan fingerprint density at radius 1 is 0.909 bits per heavy atom. The molecular formula is C18H32O4. The summed E-state index contributed by atoms with van der Waals surface area (Å²) in [5.41, 5.74) is 0. The Kier molecular flexibility index (Phi) is 13.7. The summed E-state index contributed by atoms with van der Waals surface area (Å²) in [5, 5.41) is 8.45. The van der Waals surface area contributed by atoms with Crippen molar-refractivity contribution in [3.05, 3.63) is 12.2 Å². The molecule has 22 heavy (non-hydrogen) atoms. The second-order valence-corrected chi connectivity index (χ2v) is 5.76. The molecule has 0 spiro atoms. The van der Waals surface area contributed by atoms with Gasteiger partial charge in [-0.3, -0.25) is 0 Å². The molecule has 0 aromatic carbocycles. The molecule has 0 aliphatic heterocycles. The highest BCUT2D eigenvalue weighted by Gasteiger charge is 2.10. The van der Waals surface area contributed by atoms with Crippen LogP contribution in [-0.4, -0.2) is 23.1 Å². The molecule has 4 heteroatoms. The molecule has 0 aliphatic rings. The Labute approximate surface area is 134 Å². The normalized spacial score (nSPS) is 12.5. The maximum Gasteiger partial charge on any atom is 0.331 e. The predicted molar refractivity (Wildman–Crippen MR) is 88.8 cm³/mol. The number of unbranched alkanes of at least 4 members (excludes halogenated alkanes) is 8. The minimum atomic E-state index is -1.14. The van der Waals surface area contributed by atoms with Crippen LogP contribution < -0.4 is 0 Å². The molecule has 4 nitrogen and oxygen atoms in total. The number of carboxylic acid groups (broad SMARTS) is 1. The zero-order chi connectivity index (χ0) is 16.6. The van der Waals surface area contributed by atoms with Gasteiger partial charge in [0.15, 0.2) is 0 Å². The number of esters is 1. The van der Waals surface area contributed by atoms with E-state index in [2.05, 4.69) is 6.92 Å². The second kappa shape index (κ2) is 14.6. The molecule has 0 aromatic rings. The van der Waals surface area contributed by atoms with E-state index in [-0.39, 0.29) is 6.10 Å². The van der Waals surface area contributed by atoms with E-state index in [1.165, 1.54) is 51.4 Å². The van der Waals surface area contributed by atoms with E-state index in [0.29, 0.717) is 0 Å². The molecule has 0 aromatic heterocycles. The van der Waals surface area contributed by atoms with Gasteiger partial charge in [-0.25, -0.2) is 9.59 Å². The molecule has 0 radical (unpaired) electrons. The summed E-state index contributed by atoms with van der Waals surface area (Å²) < 4.78 is 5.23. The van der Waals surface area contributed by atoms with E-state index in [9.17, 15) is 9.59 Å². The molecule has 0 heterocycles. The van der Waals surface area contributed by atoms with Gasteiger partial charge in [-0.15, -0.1) is 0 Å². The molecule has 1 unspecified atom stereocenters. The van der Waals surface area contributed by atoms with Crippen LogP contribution in [0.2, 0.25) is 0 Å². The molecule has 0 saturated carbocycles. The fraction of sp³-hybridized carbons (Fsp3) is 0.778. The summed E-state index contributed by atoms with van der Waals surface area (Å²) in [5.74, 6) is -1.70. The van der Waals surface area contributed by atoms with E-state index >= 15 is 0 Å². The molecule has 0 rings (SSSR count). The molecule has 0 fully saturated rings. The van der Waals surface area contributed by atoms with Crippen molar-refractivity contribution >= 4 is 11.9 Å². The van der Waals surface area contributed by atoms with E-state index < -0.39 is 11.9 Å². The van der Waals surface area contributed by atoms with E-state index in [1.54, 1.807) is 0 Å². The minimum absolute atomic E-state index is 0.101. The number of carbonyl (C=O) groups is 2. The van der Waals surface area contributed by atoms with Crippen LogP contribution in [-0.2, 0) is 14.3 Å². The summed E-state index contributed by atoms with van der Waals surface area (Å²) in [6, 6.07) is 0. The van der Waals surface area contributed by atoms with Gasteiger partial charge in [0.1, 0.15) is 6.10 Å². The SMILES string of the molecule is CCCCCCCCCCCC(CC)OC(=O)/C=C/C(=O)O. The van der Waals surface area contributed by atoms with Gasteiger partial charge < -0.3 is 9.84 Å². The van der Waals surface area contributed by atoms with Crippen molar-refractivity contribution in [1.29, 1.82) is 0 Å². The number of hydrogen-bond acceptors (Lipinski definition) is 3. The Hall–Kier alpha value is -1.32. The highest BCUT2D eigenvalue weighted by atomic mass is 16.5. The quantitative estimate of drug-likeness (QED) is 0.282. The molecule has 1 atom stereocenters. The van der Waals surface area contributed by atoms with Crippen molar-refractivity contribution in [2.75, 3.05) is 0 Å². The lowest BCUT2D eigenvalue weighted by Gasteiger charge is -2.14. The smallest absolute Gasteiger partial charge is 0.331 e. The Morgan fingerprint density at radius 2 is 1.45 bits per heavy atom. The average Bonchev–Trinajstić information content (AvgIpc) is 2.50. The van der Waals surface area contributed by atoms with Crippen LogP contribution >= 0.6 is 0 Å². The number of carbonyl (C=O) groups excluding carboxylic acids is 1. The highest BCUT2D eigenvalue weighted by molar-refractivity contribution is 5.90. The number of ether oxygens (including phenoxy) is 1. The molecule has 0 bridgehead atoms. The maximum atomic E-state index is 11.4. The standard InChI is InChI=1S/C18H32O4/c1-3-5-6-7-8-9-10-11-12-13-16(4-2)22-18(21)15-14-17(19)20/h14-16H,3-13H2,1-2H3,(H,19,20)/b15-14+. The lowest BCUT2D eigenvalue weighted by molar-refractivity contribution is -0.144. The summed E-state index contributed by atoms with van der Waals surface area (Å²) in [6.07, 6.45) is 14.7. The van der Waals surface area contributed by atoms with Crippen LogP contribution in [0.1, 0.15) is 84.5 Å². The number of aliphatic carboxylic acids is 1. The first-order valence-electron chi connectivity index (χ1n) is 8.71. The zero-order valence-electron chi connectivity index (χ0n) is 14.2. The van der Waals surface area contributed by atoms with Crippen LogP contribution in [0.3, 0.4) is 0 Å². The minimum Gasteiger partial charge on any atom is -0.478 e. The van der Waals surface area contributed by atoms with Crippen molar-refractivity contribution in [3.8, 4) is 0 Å². The zero-order valence-corrected chi connectivity index (χ0v) is 14.2. The first-order valence-corrected chi connectivity index (χ1v) is 8.71. The third kappa shape index (κ3) is 13.7. The molecule has 0 amide bonds. The average molecular weight is 312 g/mol. The van der Waals surface area contributed by atoms with Crippen LogP contribution in [0.25, 0.3) is 0 Å². The monoisotopic (exact) mass is 312 g/mol. The van der Waals surface area contributed by atoms with Crippen molar-refractivity contribution in [2.45, 2.75) is 90.6 Å². The van der Waals surface area contributed by atoms with Gasteiger partial charge in [-0.2, -0.15) is 0 Å². The molecular weight excluding hydrogens is 280 g/mol. The fourth-order valence-corrected chi connectivity index (χ4v) is 2.37. The third-order valence-corrected chi connectivity index (χ3v) is 3.73. The van der Waals surface area contributed by atoms with Crippen LogP contribution in [0.4, 0.5) is 0 Å². The largest absolute Gasteiger partial charge is 0.478 e. The van der Waals surface area contributed by atoms with Crippen LogP contribution in [0.15, 0.2) is 12.2 Å². The molecule has 0 saturated heterocycles.